The summed E-state index contributed by atoms with van der Waals surface area (Å²) in [6.45, 7) is 3.91. The summed E-state index contributed by atoms with van der Waals surface area (Å²) in [4.78, 5) is 1.85. The maximum atomic E-state index is 9.81. The Kier molecular flexibility index (Phi) is 3.29. The van der Waals surface area contributed by atoms with Crippen molar-refractivity contribution in [2.45, 2.75) is 23.6 Å². The first-order valence-electron chi connectivity index (χ1n) is 5.33. The molecule has 2 nitrogen and oxygen atoms in total. The topological polar surface area (TPSA) is 40.5 Å². The molecule has 0 unspecified atom stereocenters. The summed E-state index contributed by atoms with van der Waals surface area (Å²) >= 11 is 1.50. The molecule has 0 spiro atoms. The van der Waals surface area contributed by atoms with Crippen LogP contribution in [0.5, 0.6) is 11.5 Å². The van der Waals surface area contributed by atoms with E-state index in [0.29, 0.717) is 0 Å². The number of aryl methyl sites for hydroxylation is 2. The molecule has 0 radical (unpaired) electrons. The molecule has 0 fully saturated rings. The van der Waals surface area contributed by atoms with Gasteiger partial charge in [-0.1, -0.05) is 29.5 Å². The van der Waals surface area contributed by atoms with Gasteiger partial charge in [0.1, 0.15) is 11.5 Å². The zero-order chi connectivity index (χ0) is 12.4. The number of benzene rings is 2. The second-order valence-electron chi connectivity index (χ2n) is 4.03. The van der Waals surface area contributed by atoms with E-state index in [2.05, 4.69) is 0 Å². The molecule has 0 amide bonds. The van der Waals surface area contributed by atoms with Crippen molar-refractivity contribution in [3.05, 3.63) is 47.5 Å². The summed E-state index contributed by atoms with van der Waals surface area (Å²) in [5, 5.41) is 19.2. The fourth-order valence-electron chi connectivity index (χ4n) is 1.59. The van der Waals surface area contributed by atoms with Crippen LogP contribution in [0.3, 0.4) is 0 Å². The summed E-state index contributed by atoms with van der Waals surface area (Å²) in [6.07, 6.45) is 0. The van der Waals surface area contributed by atoms with Gasteiger partial charge in [0.05, 0.1) is 4.90 Å². The Morgan fingerprint density at radius 2 is 1.59 bits per heavy atom. The Bertz CT molecular complexity index is 509. The van der Waals surface area contributed by atoms with Crippen LogP contribution in [0, 0.1) is 13.8 Å². The molecule has 2 aromatic carbocycles. The van der Waals surface area contributed by atoms with Gasteiger partial charge in [0, 0.05) is 11.0 Å². The molecular weight excluding hydrogens is 232 g/mol. The lowest BCUT2D eigenvalue weighted by Crippen LogP contribution is -1.82. The van der Waals surface area contributed by atoms with E-state index in [1.165, 1.54) is 23.4 Å². The van der Waals surface area contributed by atoms with Crippen LogP contribution >= 0.6 is 11.8 Å². The van der Waals surface area contributed by atoms with Gasteiger partial charge in [0.2, 0.25) is 0 Å². The lowest BCUT2D eigenvalue weighted by Gasteiger charge is -2.09. The molecule has 0 aliphatic rings. The van der Waals surface area contributed by atoms with Crippen LogP contribution in [-0.4, -0.2) is 10.2 Å². The largest absolute Gasteiger partial charge is 0.508 e. The van der Waals surface area contributed by atoms with E-state index in [1.807, 2.05) is 38.1 Å². The van der Waals surface area contributed by atoms with Crippen molar-refractivity contribution in [1.82, 2.24) is 0 Å². The molecular formula is C14H14O2S. The third kappa shape index (κ3) is 2.74. The first kappa shape index (κ1) is 11.9. The van der Waals surface area contributed by atoms with Crippen molar-refractivity contribution in [3.8, 4) is 11.5 Å². The number of phenols is 2. The third-order valence-corrected chi connectivity index (χ3v) is 3.72. The van der Waals surface area contributed by atoms with E-state index in [0.717, 1.165) is 15.4 Å². The second-order valence-corrected chi connectivity index (χ2v) is 5.11. The maximum Gasteiger partial charge on any atom is 0.133 e. The van der Waals surface area contributed by atoms with Gasteiger partial charge in [0.15, 0.2) is 0 Å². The Hall–Kier alpha value is -1.61. The minimum absolute atomic E-state index is 0.0910. The molecule has 88 valence electrons. The molecule has 0 aliphatic carbocycles. The molecule has 3 heteroatoms. The Labute approximate surface area is 105 Å². The lowest BCUT2D eigenvalue weighted by molar-refractivity contribution is 0.440. The van der Waals surface area contributed by atoms with E-state index in [4.69, 9.17) is 0 Å². The predicted molar refractivity (Wildman–Crippen MR) is 69.8 cm³/mol. The summed E-state index contributed by atoms with van der Waals surface area (Å²) in [5.74, 6) is 0.210. The zero-order valence-electron chi connectivity index (χ0n) is 9.77. The number of phenolic OH excluding ortho intramolecular Hbond substituents is 2. The number of aromatic hydroxyl groups is 2. The maximum absolute atomic E-state index is 9.81. The van der Waals surface area contributed by atoms with Crippen LogP contribution in [0.15, 0.2) is 46.2 Å². The van der Waals surface area contributed by atoms with Gasteiger partial charge in [0.25, 0.3) is 0 Å². The second kappa shape index (κ2) is 4.72. The SMILES string of the molecule is Cc1ccc(Sc2c(C)cc(O)cc2O)cc1. The molecule has 2 N–H and O–H groups in total. The van der Waals surface area contributed by atoms with E-state index in [9.17, 15) is 10.2 Å². The van der Waals surface area contributed by atoms with Crippen LogP contribution in [0.25, 0.3) is 0 Å². The molecule has 0 heterocycles. The van der Waals surface area contributed by atoms with Gasteiger partial charge in [-0.15, -0.1) is 0 Å². The quantitative estimate of drug-likeness (QED) is 0.845. The molecule has 0 aromatic heterocycles. The molecule has 0 saturated heterocycles. The predicted octanol–water partition coefficient (Wildman–Crippen LogP) is 3.87. The van der Waals surface area contributed by atoms with E-state index in [1.54, 1.807) is 6.07 Å². The number of rotatable bonds is 2. The highest BCUT2D eigenvalue weighted by atomic mass is 32.2. The highest BCUT2D eigenvalue weighted by molar-refractivity contribution is 7.99. The van der Waals surface area contributed by atoms with Crippen molar-refractivity contribution >= 4 is 11.8 Å². The fourth-order valence-corrected chi connectivity index (χ4v) is 2.48. The molecule has 17 heavy (non-hydrogen) atoms. The van der Waals surface area contributed by atoms with Crippen molar-refractivity contribution in [3.63, 3.8) is 0 Å². The van der Waals surface area contributed by atoms with Crippen molar-refractivity contribution in [2.75, 3.05) is 0 Å². The van der Waals surface area contributed by atoms with Gasteiger partial charge in [-0.25, -0.2) is 0 Å². The summed E-state index contributed by atoms with van der Waals surface area (Å²) < 4.78 is 0. The fraction of sp³-hybridized carbons (Fsp3) is 0.143. The number of hydrogen-bond donors (Lipinski definition) is 2. The molecule has 0 atom stereocenters. The molecule has 2 rings (SSSR count). The van der Waals surface area contributed by atoms with Crippen molar-refractivity contribution < 1.29 is 10.2 Å². The van der Waals surface area contributed by atoms with Crippen LogP contribution in [0.2, 0.25) is 0 Å². The van der Waals surface area contributed by atoms with Crippen LogP contribution in [0.4, 0.5) is 0 Å². The zero-order valence-corrected chi connectivity index (χ0v) is 10.6. The highest BCUT2D eigenvalue weighted by Crippen LogP contribution is 2.39. The third-order valence-electron chi connectivity index (χ3n) is 2.48. The van der Waals surface area contributed by atoms with Gasteiger partial charge < -0.3 is 10.2 Å². The summed E-state index contributed by atoms with van der Waals surface area (Å²) in [6, 6.07) is 11.1. The normalized spacial score (nSPS) is 10.5. The minimum atomic E-state index is 0.0910. The highest BCUT2D eigenvalue weighted by Gasteiger charge is 2.08. The summed E-state index contributed by atoms with van der Waals surface area (Å²) in [5.41, 5.74) is 2.08. The van der Waals surface area contributed by atoms with E-state index in [-0.39, 0.29) is 11.5 Å². The Morgan fingerprint density at radius 3 is 2.18 bits per heavy atom. The average molecular weight is 246 g/mol. The van der Waals surface area contributed by atoms with Crippen LogP contribution < -0.4 is 0 Å². The van der Waals surface area contributed by atoms with Gasteiger partial charge in [-0.2, -0.15) is 0 Å². The Balaban J connectivity index is 2.33. The van der Waals surface area contributed by atoms with Crippen LogP contribution in [0.1, 0.15) is 11.1 Å². The monoisotopic (exact) mass is 246 g/mol. The first-order chi connectivity index (χ1) is 8.06. The molecule has 0 saturated carbocycles. The van der Waals surface area contributed by atoms with E-state index >= 15 is 0 Å². The Morgan fingerprint density at radius 1 is 0.941 bits per heavy atom. The molecule has 0 bridgehead atoms. The standard InChI is InChI=1S/C14H14O2S/c1-9-3-5-12(6-4-9)17-14-10(2)7-11(15)8-13(14)16/h3-8,15-16H,1-2H3. The van der Waals surface area contributed by atoms with Gasteiger partial charge in [-0.3, -0.25) is 0 Å². The lowest BCUT2D eigenvalue weighted by atomic mass is 10.2. The molecule has 0 aliphatic heterocycles. The van der Waals surface area contributed by atoms with Crippen LogP contribution in [-0.2, 0) is 0 Å². The average Bonchev–Trinajstić information content (AvgIpc) is 2.26. The van der Waals surface area contributed by atoms with Gasteiger partial charge in [-0.05, 0) is 37.6 Å². The summed E-state index contributed by atoms with van der Waals surface area (Å²) in [7, 11) is 0. The molecule has 2 aromatic rings. The smallest absolute Gasteiger partial charge is 0.133 e. The van der Waals surface area contributed by atoms with Gasteiger partial charge >= 0.3 is 0 Å². The number of hydrogen-bond acceptors (Lipinski definition) is 3. The van der Waals surface area contributed by atoms with Crippen molar-refractivity contribution in [1.29, 1.82) is 0 Å². The first-order valence-corrected chi connectivity index (χ1v) is 6.15. The van der Waals surface area contributed by atoms with E-state index < -0.39 is 0 Å². The minimum Gasteiger partial charge on any atom is -0.508 e. The van der Waals surface area contributed by atoms with Crippen molar-refractivity contribution in [2.24, 2.45) is 0 Å².